The zero-order chi connectivity index (χ0) is 14.2. The molecule has 0 saturated heterocycles. The van der Waals surface area contributed by atoms with Crippen LogP contribution in [0.15, 0.2) is 24.3 Å². The number of rotatable bonds is 2. The van der Waals surface area contributed by atoms with E-state index in [9.17, 15) is 0 Å². The van der Waals surface area contributed by atoms with Crippen molar-refractivity contribution in [2.75, 3.05) is 0 Å². The summed E-state index contributed by atoms with van der Waals surface area (Å²) >= 11 is 0. The van der Waals surface area contributed by atoms with Gasteiger partial charge in [0.25, 0.3) is 0 Å². The maximum Gasteiger partial charge on any atom is 0.0555 e. The molecule has 0 aliphatic carbocycles. The quantitative estimate of drug-likeness (QED) is 0.888. The minimum Gasteiger partial charge on any atom is -0.320 e. The van der Waals surface area contributed by atoms with Gasteiger partial charge in [0.1, 0.15) is 0 Å². The van der Waals surface area contributed by atoms with Gasteiger partial charge in [0.05, 0.1) is 6.04 Å². The molecule has 100 valence electrons. The van der Waals surface area contributed by atoms with Gasteiger partial charge in [-0.25, -0.2) is 0 Å². The molecule has 2 heteroatoms. The first-order valence-electron chi connectivity index (χ1n) is 6.67. The number of pyridine rings is 1. The van der Waals surface area contributed by atoms with Crippen molar-refractivity contribution < 1.29 is 0 Å². The fourth-order valence-corrected chi connectivity index (χ4v) is 2.54. The van der Waals surface area contributed by atoms with E-state index in [0.717, 1.165) is 17.0 Å². The maximum absolute atomic E-state index is 6.45. The molecule has 1 aromatic heterocycles. The Balaban J connectivity index is 2.49. The molecule has 2 N–H and O–H groups in total. The third-order valence-electron chi connectivity index (χ3n) is 3.68. The minimum absolute atomic E-state index is 0.0836. The van der Waals surface area contributed by atoms with Crippen molar-refractivity contribution >= 4 is 0 Å². The molecule has 0 radical (unpaired) electrons. The molecule has 1 heterocycles. The normalized spacial score (nSPS) is 12.5. The summed E-state index contributed by atoms with van der Waals surface area (Å²) in [6.45, 7) is 10.4. The lowest BCUT2D eigenvalue weighted by Crippen LogP contribution is -2.14. The number of benzene rings is 1. The Morgan fingerprint density at radius 2 is 1.32 bits per heavy atom. The monoisotopic (exact) mass is 254 g/mol. The fourth-order valence-electron chi connectivity index (χ4n) is 2.54. The number of nitrogens with zero attached hydrogens (tertiary/aromatic N) is 1. The van der Waals surface area contributed by atoms with Crippen LogP contribution in [-0.4, -0.2) is 4.98 Å². The van der Waals surface area contributed by atoms with Crippen molar-refractivity contribution in [3.8, 4) is 0 Å². The van der Waals surface area contributed by atoms with E-state index in [1.54, 1.807) is 0 Å². The van der Waals surface area contributed by atoms with Crippen molar-refractivity contribution in [2.24, 2.45) is 5.73 Å². The van der Waals surface area contributed by atoms with Gasteiger partial charge >= 0.3 is 0 Å². The average molecular weight is 254 g/mol. The van der Waals surface area contributed by atoms with Gasteiger partial charge in [0.2, 0.25) is 0 Å². The summed E-state index contributed by atoms with van der Waals surface area (Å²) in [5, 5.41) is 0. The van der Waals surface area contributed by atoms with E-state index in [-0.39, 0.29) is 6.04 Å². The van der Waals surface area contributed by atoms with Crippen LogP contribution in [0.3, 0.4) is 0 Å². The number of nitrogens with two attached hydrogens (primary N) is 1. The summed E-state index contributed by atoms with van der Waals surface area (Å²) in [5.74, 6) is 0. The summed E-state index contributed by atoms with van der Waals surface area (Å²) in [7, 11) is 0. The predicted molar refractivity (Wildman–Crippen MR) is 80.4 cm³/mol. The second-order valence-electron chi connectivity index (χ2n) is 5.45. The Bertz CT molecular complexity index is 595. The molecule has 1 aromatic carbocycles. The Morgan fingerprint density at radius 1 is 0.789 bits per heavy atom. The largest absolute Gasteiger partial charge is 0.320 e. The molecular weight excluding hydrogens is 232 g/mol. The Labute approximate surface area is 115 Å². The molecular formula is C17H22N2. The van der Waals surface area contributed by atoms with E-state index < -0.39 is 0 Å². The number of aryl methyl sites for hydroxylation is 5. The molecule has 0 fully saturated rings. The van der Waals surface area contributed by atoms with E-state index in [4.69, 9.17) is 5.73 Å². The van der Waals surface area contributed by atoms with Crippen LogP contribution in [0.1, 0.15) is 45.2 Å². The van der Waals surface area contributed by atoms with Crippen molar-refractivity contribution in [1.29, 1.82) is 0 Å². The van der Waals surface area contributed by atoms with Crippen LogP contribution in [0.2, 0.25) is 0 Å². The van der Waals surface area contributed by atoms with Crippen molar-refractivity contribution in [3.63, 3.8) is 0 Å². The van der Waals surface area contributed by atoms with Gasteiger partial charge in [0, 0.05) is 11.4 Å². The molecule has 2 rings (SSSR count). The van der Waals surface area contributed by atoms with E-state index in [1.165, 1.54) is 22.3 Å². The van der Waals surface area contributed by atoms with Crippen LogP contribution in [0.25, 0.3) is 0 Å². The number of aromatic nitrogens is 1. The molecule has 2 aromatic rings. The lowest BCUT2D eigenvalue weighted by molar-refractivity contribution is 0.848. The van der Waals surface area contributed by atoms with Crippen LogP contribution in [0, 0.1) is 34.6 Å². The molecule has 1 atom stereocenters. The molecule has 0 bridgehead atoms. The van der Waals surface area contributed by atoms with Gasteiger partial charge in [-0.15, -0.1) is 0 Å². The van der Waals surface area contributed by atoms with E-state index in [1.807, 2.05) is 13.8 Å². The van der Waals surface area contributed by atoms with Gasteiger partial charge in [-0.1, -0.05) is 12.1 Å². The van der Waals surface area contributed by atoms with E-state index in [0.29, 0.717) is 0 Å². The molecule has 0 amide bonds. The second-order valence-corrected chi connectivity index (χ2v) is 5.45. The Kier molecular flexibility index (Phi) is 3.72. The smallest absolute Gasteiger partial charge is 0.0555 e. The topological polar surface area (TPSA) is 38.9 Å². The zero-order valence-electron chi connectivity index (χ0n) is 12.4. The maximum atomic E-state index is 6.45. The van der Waals surface area contributed by atoms with Crippen LogP contribution >= 0.6 is 0 Å². The van der Waals surface area contributed by atoms with Crippen molar-refractivity contribution in [1.82, 2.24) is 4.98 Å². The summed E-state index contributed by atoms with van der Waals surface area (Å²) in [6, 6.07) is 8.49. The fraction of sp³-hybridized carbons (Fsp3) is 0.353. The molecule has 0 saturated carbocycles. The third-order valence-corrected chi connectivity index (χ3v) is 3.68. The highest BCUT2D eigenvalue weighted by Crippen LogP contribution is 2.26. The zero-order valence-corrected chi connectivity index (χ0v) is 12.4. The van der Waals surface area contributed by atoms with Gasteiger partial charge in [-0.3, -0.25) is 4.98 Å². The van der Waals surface area contributed by atoms with Gasteiger partial charge in [-0.05, 0) is 74.6 Å². The summed E-state index contributed by atoms with van der Waals surface area (Å²) in [5.41, 5.74) is 14.7. The molecule has 1 unspecified atom stereocenters. The number of hydrogen-bond acceptors (Lipinski definition) is 2. The molecule has 2 nitrogen and oxygen atoms in total. The van der Waals surface area contributed by atoms with E-state index in [2.05, 4.69) is 50.0 Å². The highest BCUT2D eigenvalue weighted by atomic mass is 14.7. The highest BCUT2D eigenvalue weighted by molar-refractivity contribution is 5.42. The SMILES string of the molecule is Cc1cc(C(N)c2cc(C)c(C)cc2C)cc(C)n1. The van der Waals surface area contributed by atoms with Crippen LogP contribution < -0.4 is 5.73 Å². The van der Waals surface area contributed by atoms with Crippen molar-refractivity contribution in [3.05, 3.63) is 63.5 Å². The third kappa shape index (κ3) is 2.85. The lowest BCUT2D eigenvalue weighted by Gasteiger charge is -2.18. The number of hydrogen-bond donors (Lipinski definition) is 1. The summed E-state index contributed by atoms with van der Waals surface area (Å²) in [6.07, 6.45) is 0. The van der Waals surface area contributed by atoms with Crippen LogP contribution in [0.4, 0.5) is 0 Å². The lowest BCUT2D eigenvalue weighted by atomic mass is 9.92. The van der Waals surface area contributed by atoms with Crippen LogP contribution in [-0.2, 0) is 0 Å². The molecule has 0 spiro atoms. The molecule has 0 aliphatic heterocycles. The van der Waals surface area contributed by atoms with Gasteiger partial charge in [0.15, 0.2) is 0 Å². The van der Waals surface area contributed by atoms with Crippen LogP contribution in [0.5, 0.6) is 0 Å². The average Bonchev–Trinajstić information content (AvgIpc) is 2.31. The minimum atomic E-state index is -0.0836. The first-order chi connectivity index (χ1) is 8.88. The Hall–Kier alpha value is -1.67. The predicted octanol–water partition coefficient (Wildman–Crippen LogP) is 3.67. The van der Waals surface area contributed by atoms with Crippen molar-refractivity contribution in [2.45, 2.75) is 40.7 Å². The second kappa shape index (κ2) is 5.14. The van der Waals surface area contributed by atoms with Gasteiger partial charge < -0.3 is 5.73 Å². The Morgan fingerprint density at radius 3 is 1.89 bits per heavy atom. The van der Waals surface area contributed by atoms with Gasteiger partial charge in [-0.2, -0.15) is 0 Å². The first-order valence-corrected chi connectivity index (χ1v) is 6.67. The highest BCUT2D eigenvalue weighted by Gasteiger charge is 2.13. The summed E-state index contributed by atoms with van der Waals surface area (Å²) < 4.78 is 0. The standard InChI is InChI=1S/C17H22N2/c1-10-6-12(3)16(7-11(10)2)17(18)15-8-13(4)19-14(5)9-15/h6-9,17H,18H2,1-5H3. The molecule has 0 aliphatic rings. The first kappa shape index (κ1) is 13.8. The molecule has 19 heavy (non-hydrogen) atoms. The van der Waals surface area contributed by atoms with E-state index >= 15 is 0 Å². The summed E-state index contributed by atoms with van der Waals surface area (Å²) in [4.78, 5) is 4.41.